The molecule has 0 amide bonds. The molecule has 0 saturated heterocycles. The summed E-state index contributed by atoms with van der Waals surface area (Å²) in [5, 5.41) is 9.12. The molecule has 0 aliphatic heterocycles. The number of aryl methyl sites for hydroxylation is 3. The van der Waals surface area contributed by atoms with Gasteiger partial charge in [0.25, 0.3) is 0 Å². The van der Waals surface area contributed by atoms with E-state index in [9.17, 15) is 12.8 Å². The van der Waals surface area contributed by atoms with Gasteiger partial charge in [0.15, 0.2) is 0 Å². The van der Waals surface area contributed by atoms with Crippen LogP contribution in [0.4, 0.5) is 4.39 Å². The SMILES string of the molecule is Cc1cc(C)cc(-c2noc(C)c2-c2ccc(S(N)(=O)=O)c(F)c2)c1. The van der Waals surface area contributed by atoms with E-state index in [4.69, 9.17) is 9.66 Å². The quantitative estimate of drug-likeness (QED) is 0.771. The maximum Gasteiger partial charge on any atom is 0.240 e. The monoisotopic (exact) mass is 360 g/mol. The molecule has 2 N–H and O–H groups in total. The van der Waals surface area contributed by atoms with Gasteiger partial charge in [0, 0.05) is 5.56 Å². The van der Waals surface area contributed by atoms with Crippen LogP contribution in [0.3, 0.4) is 0 Å². The van der Waals surface area contributed by atoms with Crippen molar-refractivity contribution in [1.29, 1.82) is 0 Å². The Balaban J connectivity index is 2.19. The molecule has 2 aromatic carbocycles. The van der Waals surface area contributed by atoms with E-state index >= 15 is 0 Å². The van der Waals surface area contributed by atoms with Gasteiger partial charge in [0.1, 0.15) is 22.2 Å². The minimum atomic E-state index is -4.12. The largest absolute Gasteiger partial charge is 0.360 e. The smallest absolute Gasteiger partial charge is 0.240 e. The molecule has 130 valence electrons. The van der Waals surface area contributed by atoms with Crippen LogP contribution in [0.1, 0.15) is 16.9 Å². The molecular formula is C18H17FN2O3S. The van der Waals surface area contributed by atoms with Gasteiger partial charge in [0.05, 0.1) is 5.56 Å². The molecule has 0 spiro atoms. The summed E-state index contributed by atoms with van der Waals surface area (Å²) in [5.74, 6) is -0.399. The Morgan fingerprint density at radius 1 is 1.00 bits per heavy atom. The topological polar surface area (TPSA) is 86.2 Å². The second kappa shape index (κ2) is 6.09. The van der Waals surface area contributed by atoms with Crippen LogP contribution in [0, 0.1) is 26.6 Å². The van der Waals surface area contributed by atoms with Gasteiger partial charge < -0.3 is 4.52 Å². The number of nitrogens with two attached hydrogens (primary N) is 1. The number of sulfonamides is 1. The standard InChI is InChI=1S/C18H17FN2O3S/c1-10-6-11(2)8-14(7-10)18-17(12(3)24-21-18)13-4-5-16(15(19)9-13)25(20,22)23/h4-9H,1-3H3,(H2,20,22,23). The number of primary sulfonamides is 1. The highest BCUT2D eigenvalue weighted by Gasteiger charge is 2.20. The summed E-state index contributed by atoms with van der Waals surface area (Å²) in [7, 11) is -4.12. The van der Waals surface area contributed by atoms with Crippen LogP contribution in [0.5, 0.6) is 0 Å². The summed E-state index contributed by atoms with van der Waals surface area (Å²) in [6.07, 6.45) is 0. The van der Waals surface area contributed by atoms with Crippen molar-refractivity contribution in [2.75, 3.05) is 0 Å². The lowest BCUT2D eigenvalue weighted by Gasteiger charge is -2.07. The molecule has 3 rings (SSSR count). The van der Waals surface area contributed by atoms with E-state index in [0.29, 0.717) is 22.6 Å². The molecule has 0 aliphatic rings. The van der Waals surface area contributed by atoms with Crippen molar-refractivity contribution >= 4 is 10.0 Å². The van der Waals surface area contributed by atoms with Crippen molar-refractivity contribution in [3.8, 4) is 22.4 Å². The average molecular weight is 360 g/mol. The third-order valence-corrected chi connectivity index (χ3v) is 4.83. The van der Waals surface area contributed by atoms with Crippen LogP contribution in [0.2, 0.25) is 0 Å². The molecule has 0 bridgehead atoms. The van der Waals surface area contributed by atoms with Crippen molar-refractivity contribution in [3.05, 3.63) is 59.1 Å². The molecule has 3 aromatic rings. The lowest BCUT2D eigenvalue weighted by atomic mass is 9.97. The molecule has 7 heteroatoms. The van der Waals surface area contributed by atoms with Gasteiger partial charge in [-0.3, -0.25) is 0 Å². The first-order valence-corrected chi connectivity index (χ1v) is 9.09. The van der Waals surface area contributed by atoms with E-state index in [1.807, 2.05) is 32.0 Å². The summed E-state index contributed by atoms with van der Waals surface area (Å²) < 4.78 is 42.3. The average Bonchev–Trinajstić information content (AvgIpc) is 2.86. The highest BCUT2D eigenvalue weighted by molar-refractivity contribution is 7.89. The van der Waals surface area contributed by atoms with Gasteiger partial charge >= 0.3 is 0 Å². The number of rotatable bonds is 3. The molecule has 0 saturated carbocycles. The molecular weight excluding hydrogens is 343 g/mol. The molecule has 1 heterocycles. The van der Waals surface area contributed by atoms with Crippen molar-refractivity contribution in [2.45, 2.75) is 25.7 Å². The van der Waals surface area contributed by atoms with Crippen LogP contribution < -0.4 is 5.14 Å². The van der Waals surface area contributed by atoms with Gasteiger partial charge in [-0.15, -0.1) is 0 Å². The third kappa shape index (κ3) is 3.33. The summed E-state index contributed by atoms with van der Waals surface area (Å²) in [5.41, 5.74) is 4.64. The zero-order valence-electron chi connectivity index (χ0n) is 14.0. The van der Waals surface area contributed by atoms with Crippen LogP contribution in [0.25, 0.3) is 22.4 Å². The predicted molar refractivity (Wildman–Crippen MR) is 92.9 cm³/mol. The first-order chi connectivity index (χ1) is 11.7. The first-order valence-electron chi connectivity index (χ1n) is 7.54. The lowest BCUT2D eigenvalue weighted by molar-refractivity contribution is 0.400. The van der Waals surface area contributed by atoms with Gasteiger partial charge in [-0.1, -0.05) is 28.4 Å². The van der Waals surface area contributed by atoms with Crippen molar-refractivity contribution in [1.82, 2.24) is 5.16 Å². The molecule has 0 unspecified atom stereocenters. The number of benzene rings is 2. The highest BCUT2D eigenvalue weighted by atomic mass is 32.2. The van der Waals surface area contributed by atoms with Crippen LogP contribution in [-0.2, 0) is 10.0 Å². The van der Waals surface area contributed by atoms with E-state index in [1.165, 1.54) is 6.07 Å². The van der Waals surface area contributed by atoms with Gasteiger partial charge in [-0.05, 0) is 50.6 Å². The fourth-order valence-corrected chi connectivity index (χ4v) is 3.50. The normalized spacial score (nSPS) is 11.7. The molecule has 5 nitrogen and oxygen atoms in total. The van der Waals surface area contributed by atoms with Crippen molar-refractivity contribution in [2.24, 2.45) is 5.14 Å². The molecule has 0 aliphatic carbocycles. The molecule has 25 heavy (non-hydrogen) atoms. The Bertz CT molecular complexity index is 1050. The van der Waals surface area contributed by atoms with Gasteiger partial charge in [-0.2, -0.15) is 0 Å². The zero-order valence-corrected chi connectivity index (χ0v) is 14.8. The summed E-state index contributed by atoms with van der Waals surface area (Å²) >= 11 is 0. The molecule has 0 fully saturated rings. The van der Waals surface area contributed by atoms with Gasteiger partial charge in [-0.25, -0.2) is 17.9 Å². The fraction of sp³-hybridized carbons (Fsp3) is 0.167. The Kier molecular flexibility index (Phi) is 4.22. The minimum Gasteiger partial charge on any atom is -0.360 e. The minimum absolute atomic E-state index is 0.470. The van der Waals surface area contributed by atoms with E-state index in [0.717, 1.165) is 28.8 Å². The van der Waals surface area contributed by atoms with Gasteiger partial charge in [0.2, 0.25) is 10.0 Å². The van der Waals surface area contributed by atoms with E-state index in [1.54, 1.807) is 6.92 Å². The second-order valence-electron chi connectivity index (χ2n) is 6.03. The zero-order chi connectivity index (χ0) is 18.4. The van der Waals surface area contributed by atoms with E-state index < -0.39 is 20.7 Å². The molecule has 0 radical (unpaired) electrons. The summed E-state index contributed by atoms with van der Waals surface area (Å²) in [4.78, 5) is -0.543. The Hall–Kier alpha value is -2.51. The first kappa shape index (κ1) is 17.3. The second-order valence-corrected chi connectivity index (χ2v) is 7.56. The maximum atomic E-state index is 14.2. The van der Waals surface area contributed by atoms with Crippen molar-refractivity contribution in [3.63, 3.8) is 0 Å². The fourth-order valence-electron chi connectivity index (χ4n) is 2.91. The molecule has 0 atom stereocenters. The lowest BCUT2D eigenvalue weighted by Crippen LogP contribution is -2.13. The molecule has 1 aromatic heterocycles. The Labute approximate surface area is 145 Å². The van der Waals surface area contributed by atoms with Crippen LogP contribution in [-0.4, -0.2) is 13.6 Å². The predicted octanol–water partition coefficient (Wildman–Crippen LogP) is 3.72. The third-order valence-electron chi connectivity index (χ3n) is 3.88. The number of nitrogens with zero attached hydrogens (tertiary/aromatic N) is 1. The highest BCUT2D eigenvalue weighted by Crippen LogP contribution is 2.36. The number of hydrogen-bond acceptors (Lipinski definition) is 4. The number of aromatic nitrogens is 1. The number of halogens is 1. The Morgan fingerprint density at radius 2 is 1.64 bits per heavy atom. The van der Waals surface area contributed by atoms with Crippen LogP contribution in [0.15, 0.2) is 45.8 Å². The summed E-state index contributed by atoms with van der Waals surface area (Å²) in [6, 6.07) is 9.74. The van der Waals surface area contributed by atoms with Crippen LogP contribution >= 0.6 is 0 Å². The van der Waals surface area contributed by atoms with Crippen molar-refractivity contribution < 1.29 is 17.3 Å². The Morgan fingerprint density at radius 3 is 2.20 bits per heavy atom. The maximum absolute atomic E-state index is 14.2. The van der Waals surface area contributed by atoms with E-state index in [-0.39, 0.29) is 0 Å². The number of hydrogen-bond donors (Lipinski definition) is 1. The summed E-state index contributed by atoms with van der Waals surface area (Å²) in [6.45, 7) is 5.67. The van der Waals surface area contributed by atoms with E-state index in [2.05, 4.69) is 5.16 Å².